The average Bonchev–Trinajstić information content (AvgIpc) is 2.52. The highest BCUT2D eigenvalue weighted by Gasteiger charge is 2.29. The van der Waals surface area contributed by atoms with Gasteiger partial charge in [-0.05, 0) is 39.2 Å². The third kappa shape index (κ3) is 4.72. The molecule has 0 aromatic heterocycles. The zero-order valence-corrected chi connectivity index (χ0v) is 12.6. The van der Waals surface area contributed by atoms with Crippen LogP contribution in [-0.2, 0) is 14.3 Å². The van der Waals surface area contributed by atoms with Crippen molar-refractivity contribution in [1.82, 2.24) is 10.2 Å². The van der Waals surface area contributed by atoms with E-state index in [1.165, 1.54) is 0 Å². The molecule has 20 heavy (non-hydrogen) atoms. The topological polar surface area (TPSA) is 50.8 Å². The van der Waals surface area contributed by atoms with E-state index in [2.05, 4.69) is 5.32 Å². The summed E-state index contributed by atoms with van der Waals surface area (Å²) >= 11 is 0. The predicted molar refractivity (Wildman–Crippen MR) is 77.6 cm³/mol. The molecule has 0 aliphatic carbocycles. The molecule has 2 heterocycles. The summed E-state index contributed by atoms with van der Waals surface area (Å²) in [6.07, 6.45) is 4.36. The number of amides is 1. The molecule has 0 aromatic carbocycles. The van der Waals surface area contributed by atoms with E-state index in [1.807, 2.05) is 11.8 Å². The van der Waals surface area contributed by atoms with Crippen molar-refractivity contribution in [2.75, 3.05) is 46.0 Å². The normalized spacial score (nSPS) is 24.9. The molecule has 2 aliphatic heterocycles. The predicted octanol–water partition coefficient (Wildman–Crippen LogP) is 1.03. The van der Waals surface area contributed by atoms with Crippen LogP contribution < -0.4 is 5.32 Å². The molecular formula is C15H28N2O3. The molecule has 5 heteroatoms. The summed E-state index contributed by atoms with van der Waals surface area (Å²) in [5.74, 6) is 0.532. The number of likely N-dealkylation sites (tertiary alicyclic amines) is 1. The van der Waals surface area contributed by atoms with Gasteiger partial charge in [0.1, 0.15) is 0 Å². The second-order valence-corrected chi connectivity index (χ2v) is 5.64. The van der Waals surface area contributed by atoms with Crippen LogP contribution in [0.15, 0.2) is 0 Å². The van der Waals surface area contributed by atoms with Gasteiger partial charge < -0.3 is 19.7 Å². The lowest BCUT2D eigenvalue weighted by atomic mass is 9.96. The molecule has 5 nitrogen and oxygen atoms in total. The largest absolute Gasteiger partial charge is 0.379 e. The third-order valence-corrected chi connectivity index (χ3v) is 4.19. The van der Waals surface area contributed by atoms with Gasteiger partial charge in [0.05, 0.1) is 25.2 Å². The first-order chi connectivity index (χ1) is 9.81. The number of nitrogens with zero attached hydrogens (tertiary/aromatic N) is 1. The molecule has 0 spiro atoms. The minimum absolute atomic E-state index is 0.194. The van der Waals surface area contributed by atoms with Crippen LogP contribution in [0.25, 0.3) is 0 Å². The van der Waals surface area contributed by atoms with Crippen LogP contribution >= 0.6 is 0 Å². The van der Waals surface area contributed by atoms with Crippen molar-refractivity contribution in [3.63, 3.8) is 0 Å². The molecule has 2 saturated heterocycles. The van der Waals surface area contributed by atoms with Crippen LogP contribution in [0.3, 0.4) is 0 Å². The maximum Gasteiger partial charge on any atom is 0.226 e. The van der Waals surface area contributed by atoms with Gasteiger partial charge in [-0.2, -0.15) is 0 Å². The van der Waals surface area contributed by atoms with Crippen LogP contribution in [0.2, 0.25) is 0 Å². The summed E-state index contributed by atoms with van der Waals surface area (Å²) in [6, 6.07) is 0. The van der Waals surface area contributed by atoms with Gasteiger partial charge in [0.15, 0.2) is 0 Å². The Bertz CT molecular complexity index is 285. The lowest BCUT2D eigenvalue weighted by Crippen LogP contribution is -2.47. The molecule has 0 aromatic rings. The minimum Gasteiger partial charge on any atom is -0.379 e. The number of hydrogen-bond donors (Lipinski definition) is 1. The van der Waals surface area contributed by atoms with Gasteiger partial charge in [-0.1, -0.05) is 0 Å². The highest BCUT2D eigenvalue weighted by atomic mass is 16.5. The van der Waals surface area contributed by atoms with E-state index in [-0.39, 0.29) is 5.92 Å². The molecule has 1 atom stereocenters. The molecule has 1 amide bonds. The van der Waals surface area contributed by atoms with E-state index >= 15 is 0 Å². The van der Waals surface area contributed by atoms with Crippen LogP contribution in [0.1, 0.15) is 32.6 Å². The van der Waals surface area contributed by atoms with E-state index in [0.29, 0.717) is 25.2 Å². The van der Waals surface area contributed by atoms with Crippen molar-refractivity contribution < 1.29 is 14.3 Å². The Kier molecular flexibility index (Phi) is 6.76. The lowest BCUT2D eigenvalue weighted by Gasteiger charge is -2.35. The number of carbonyl (C=O) groups excluding carboxylic acids is 1. The Labute approximate surface area is 122 Å². The lowest BCUT2D eigenvalue weighted by molar-refractivity contribution is -0.138. The number of nitrogens with one attached hydrogen (secondary N) is 1. The summed E-state index contributed by atoms with van der Waals surface area (Å²) in [6.45, 7) is 7.66. The highest BCUT2D eigenvalue weighted by Crippen LogP contribution is 2.19. The monoisotopic (exact) mass is 284 g/mol. The minimum atomic E-state index is 0.194. The Morgan fingerprint density at radius 1 is 1.25 bits per heavy atom. The molecule has 2 fully saturated rings. The standard InChI is InChI=1S/C15H28N2O3/c1-2-19-10-11-20-14-5-8-17(9-6-14)15(18)13-4-3-7-16-12-13/h13-14,16H,2-12H2,1H3/t13-/m1/s1. The first-order valence-corrected chi connectivity index (χ1v) is 8.00. The average molecular weight is 284 g/mol. The Morgan fingerprint density at radius 3 is 2.70 bits per heavy atom. The van der Waals surface area contributed by atoms with Crippen molar-refractivity contribution in [2.45, 2.75) is 38.7 Å². The smallest absolute Gasteiger partial charge is 0.226 e. The quantitative estimate of drug-likeness (QED) is 0.740. The van der Waals surface area contributed by atoms with Crippen LogP contribution in [-0.4, -0.2) is 62.9 Å². The maximum atomic E-state index is 12.4. The summed E-state index contributed by atoms with van der Waals surface area (Å²) in [5.41, 5.74) is 0. The van der Waals surface area contributed by atoms with Gasteiger partial charge in [-0.3, -0.25) is 4.79 Å². The second-order valence-electron chi connectivity index (χ2n) is 5.64. The molecule has 0 saturated carbocycles. The van der Waals surface area contributed by atoms with Crippen molar-refractivity contribution in [3.8, 4) is 0 Å². The molecular weight excluding hydrogens is 256 g/mol. The zero-order chi connectivity index (χ0) is 14.2. The first-order valence-electron chi connectivity index (χ1n) is 8.00. The number of rotatable bonds is 6. The number of hydrogen-bond acceptors (Lipinski definition) is 4. The van der Waals surface area contributed by atoms with Crippen LogP contribution in [0, 0.1) is 5.92 Å². The van der Waals surface area contributed by atoms with E-state index in [9.17, 15) is 4.79 Å². The van der Waals surface area contributed by atoms with Crippen LogP contribution in [0.5, 0.6) is 0 Å². The van der Waals surface area contributed by atoms with Gasteiger partial charge in [-0.15, -0.1) is 0 Å². The number of ether oxygens (including phenoxy) is 2. The Hall–Kier alpha value is -0.650. The zero-order valence-electron chi connectivity index (χ0n) is 12.6. The van der Waals surface area contributed by atoms with E-state index in [0.717, 1.165) is 58.5 Å². The molecule has 116 valence electrons. The van der Waals surface area contributed by atoms with Gasteiger partial charge in [0.2, 0.25) is 5.91 Å². The summed E-state index contributed by atoms with van der Waals surface area (Å²) in [5, 5.41) is 3.32. The molecule has 0 radical (unpaired) electrons. The Balaban J connectivity index is 1.64. The van der Waals surface area contributed by atoms with Gasteiger partial charge in [-0.25, -0.2) is 0 Å². The molecule has 0 unspecified atom stereocenters. The number of piperidine rings is 2. The van der Waals surface area contributed by atoms with Crippen molar-refractivity contribution in [2.24, 2.45) is 5.92 Å². The molecule has 2 rings (SSSR count). The summed E-state index contributed by atoms with van der Waals surface area (Å²) in [7, 11) is 0. The van der Waals surface area contributed by atoms with E-state index in [4.69, 9.17) is 9.47 Å². The fourth-order valence-corrected chi connectivity index (χ4v) is 2.98. The van der Waals surface area contributed by atoms with E-state index in [1.54, 1.807) is 0 Å². The molecule has 0 bridgehead atoms. The van der Waals surface area contributed by atoms with Gasteiger partial charge in [0, 0.05) is 26.2 Å². The van der Waals surface area contributed by atoms with Crippen molar-refractivity contribution >= 4 is 5.91 Å². The first kappa shape index (κ1) is 15.7. The highest BCUT2D eigenvalue weighted by molar-refractivity contribution is 5.79. The third-order valence-electron chi connectivity index (χ3n) is 4.19. The maximum absolute atomic E-state index is 12.4. The number of carbonyl (C=O) groups is 1. The summed E-state index contributed by atoms with van der Waals surface area (Å²) < 4.78 is 11.1. The molecule has 2 aliphatic rings. The second kappa shape index (κ2) is 8.60. The van der Waals surface area contributed by atoms with Crippen molar-refractivity contribution in [1.29, 1.82) is 0 Å². The van der Waals surface area contributed by atoms with E-state index < -0.39 is 0 Å². The fourth-order valence-electron chi connectivity index (χ4n) is 2.98. The van der Waals surface area contributed by atoms with Crippen LogP contribution in [0.4, 0.5) is 0 Å². The Morgan fingerprint density at radius 2 is 2.05 bits per heavy atom. The van der Waals surface area contributed by atoms with Gasteiger partial charge in [0.25, 0.3) is 0 Å². The van der Waals surface area contributed by atoms with Gasteiger partial charge >= 0.3 is 0 Å². The SMILES string of the molecule is CCOCCOC1CCN(C(=O)[C@@H]2CCCNC2)CC1. The van der Waals surface area contributed by atoms with Crippen molar-refractivity contribution in [3.05, 3.63) is 0 Å². The molecule has 1 N–H and O–H groups in total. The summed E-state index contributed by atoms with van der Waals surface area (Å²) in [4.78, 5) is 14.4. The fraction of sp³-hybridized carbons (Fsp3) is 0.933.